The second-order valence-corrected chi connectivity index (χ2v) is 15.9. The Morgan fingerprint density at radius 1 is 1.07 bits per heavy atom. The van der Waals surface area contributed by atoms with Crippen molar-refractivity contribution in [1.29, 1.82) is 0 Å². The van der Waals surface area contributed by atoms with Gasteiger partial charge in [0.1, 0.15) is 0 Å². The summed E-state index contributed by atoms with van der Waals surface area (Å²) in [5.74, 6) is -2.17. The summed E-state index contributed by atoms with van der Waals surface area (Å²) in [4.78, 5) is 28.5. The van der Waals surface area contributed by atoms with E-state index in [-0.39, 0.29) is 28.4 Å². The number of amides is 1. The first kappa shape index (κ1) is 29.2. The van der Waals surface area contributed by atoms with Gasteiger partial charge in [-0.3, -0.25) is 13.9 Å². The van der Waals surface area contributed by atoms with Gasteiger partial charge in [0.2, 0.25) is 5.91 Å². The molecule has 1 aliphatic heterocycles. The van der Waals surface area contributed by atoms with Gasteiger partial charge in [0.05, 0.1) is 40.0 Å². The third-order valence-corrected chi connectivity index (χ3v) is 13.2. The van der Waals surface area contributed by atoms with Crippen LogP contribution < -0.4 is 19.8 Å². The lowest BCUT2D eigenvalue weighted by Crippen LogP contribution is -2.76. The van der Waals surface area contributed by atoms with E-state index in [1.54, 1.807) is 24.3 Å². The van der Waals surface area contributed by atoms with E-state index < -0.39 is 27.8 Å². The maximum absolute atomic E-state index is 13.6. The van der Waals surface area contributed by atoms with Gasteiger partial charge < -0.3 is 20.6 Å². The molecule has 2 unspecified atom stereocenters. The van der Waals surface area contributed by atoms with Crippen LogP contribution in [-0.2, 0) is 19.6 Å². The molecular formula is C34H42N4O5S. The van der Waals surface area contributed by atoms with Gasteiger partial charge in [-0.15, -0.1) is 0 Å². The van der Waals surface area contributed by atoms with Crippen LogP contribution >= 0.6 is 0 Å². The van der Waals surface area contributed by atoms with Crippen LogP contribution in [-0.4, -0.2) is 51.2 Å². The number of anilines is 3. The van der Waals surface area contributed by atoms with E-state index in [9.17, 15) is 23.1 Å². The van der Waals surface area contributed by atoms with E-state index in [4.69, 9.17) is 0 Å². The average Bonchev–Trinajstić information content (AvgIpc) is 3.61. The minimum absolute atomic E-state index is 0.0723. The first-order chi connectivity index (χ1) is 20.9. The molecular weight excluding hydrogens is 576 g/mol. The molecule has 3 N–H and O–H groups in total. The third-order valence-electron chi connectivity index (χ3n) is 11.4. The highest BCUT2D eigenvalue weighted by Gasteiger charge is 2.70. The van der Waals surface area contributed by atoms with Crippen molar-refractivity contribution in [3.63, 3.8) is 0 Å². The fraction of sp³-hybridized carbons (Fsp3) is 0.529. The molecule has 2 aromatic rings. The van der Waals surface area contributed by atoms with Crippen molar-refractivity contribution in [2.75, 3.05) is 28.6 Å². The maximum atomic E-state index is 13.6. The molecule has 5 atom stereocenters. The number of sulfonamides is 1. The number of carboxylic acids is 1. The Balaban J connectivity index is 1.05. The van der Waals surface area contributed by atoms with Gasteiger partial charge in [-0.05, 0) is 105 Å². The minimum atomic E-state index is -3.83. The quantitative estimate of drug-likeness (QED) is 0.343. The van der Waals surface area contributed by atoms with E-state index >= 15 is 0 Å². The molecule has 1 heterocycles. The Kier molecular flexibility index (Phi) is 6.81. The summed E-state index contributed by atoms with van der Waals surface area (Å²) in [7, 11) is -0.341. The molecule has 9 nitrogen and oxygen atoms in total. The predicted molar refractivity (Wildman–Crippen MR) is 170 cm³/mol. The van der Waals surface area contributed by atoms with Gasteiger partial charge in [0, 0.05) is 19.6 Å². The van der Waals surface area contributed by atoms with E-state index in [0.717, 1.165) is 49.0 Å². The number of carbonyl (C=O) groups excluding carboxylic acids is 1. The zero-order valence-corrected chi connectivity index (χ0v) is 26.4. The number of rotatable bonds is 8. The second kappa shape index (κ2) is 10.3. The van der Waals surface area contributed by atoms with Gasteiger partial charge in [-0.25, -0.2) is 8.42 Å². The minimum Gasteiger partial charge on any atom is -0.481 e. The Labute approximate surface area is 259 Å². The predicted octanol–water partition coefficient (Wildman–Crippen LogP) is 5.31. The summed E-state index contributed by atoms with van der Waals surface area (Å²) >= 11 is 0. The highest BCUT2D eigenvalue weighted by Crippen LogP contribution is 2.72. The van der Waals surface area contributed by atoms with Crippen LogP contribution in [0.2, 0.25) is 0 Å². The lowest BCUT2D eigenvalue weighted by atomic mass is 9.35. The summed E-state index contributed by atoms with van der Waals surface area (Å²) < 4.78 is 28.3. The van der Waals surface area contributed by atoms with Crippen LogP contribution in [0.4, 0.5) is 17.1 Å². The lowest BCUT2D eigenvalue weighted by molar-refractivity contribution is -0.187. The standard InChI is InChI=1S/C34H42N4O5S/c1-21-35-28-17-25(15-16-29(28)37(21)2)44(42,43)38(3)24-13-11-22(12-14-24)26-9-6-10-27(30(26)32(40)41)31(39)36-34-18-33(19-34,20-34)23-7-4-5-8-23/h4,7,11-17,21,23,26-27,30,35H,5-6,8-10,18-20H2,1-3H3,(H,36,39)(H,40,41)/t21?,23?,26-,27-,30-,33?,34?/m1/s1. The van der Waals surface area contributed by atoms with Crippen LogP contribution in [0.3, 0.4) is 0 Å². The van der Waals surface area contributed by atoms with E-state index in [2.05, 4.69) is 27.7 Å². The summed E-state index contributed by atoms with van der Waals surface area (Å²) in [6.07, 6.45) is 12.1. The summed E-state index contributed by atoms with van der Waals surface area (Å²) in [6.45, 7) is 2.01. The Bertz CT molecular complexity index is 1620. The number of hydrogen-bond donors (Lipinski definition) is 3. The third kappa shape index (κ3) is 4.51. The Hall–Kier alpha value is -3.53. The zero-order chi connectivity index (χ0) is 31.0. The van der Waals surface area contributed by atoms with Crippen molar-refractivity contribution in [2.45, 2.75) is 80.8 Å². The summed E-state index contributed by atoms with van der Waals surface area (Å²) in [5.41, 5.74) is 3.23. The molecule has 4 saturated carbocycles. The van der Waals surface area contributed by atoms with Gasteiger partial charge in [-0.1, -0.05) is 30.7 Å². The number of allylic oxidation sites excluding steroid dienone is 2. The number of nitrogens with one attached hydrogen (secondary N) is 2. The van der Waals surface area contributed by atoms with Gasteiger partial charge in [0.25, 0.3) is 10.0 Å². The number of benzene rings is 2. The monoisotopic (exact) mass is 618 g/mol. The lowest BCUT2D eigenvalue weighted by Gasteiger charge is -2.73. The number of carbonyl (C=O) groups is 2. The van der Waals surface area contributed by atoms with Crippen molar-refractivity contribution in [3.8, 4) is 0 Å². The Morgan fingerprint density at radius 3 is 2.45 bits per heavy atom. The van der Waals surface area contributed by atoms with Crippen molar-refractivity contribution < 1.29 is 23.1 Å². The first-order valence-electron chi connectivity index (χ1n) is 15.9. The smallest absolute Gasteiger partial charge is 0.307 e. The second-order valence-electron chi connectivity index (χ2n) is 14.0. The van der Waals surface area contributed by atoms with Crippen molar-refractivity contribution >= 4 is 39.0 Å². The summed E-state index contributed by atoms with van der Waals surface area (Å²) in [6, 6.07) is 12.2. The molecule has 0 radical (unpaired) electrons. The molecule has 2 bridgehead atoms. The molecule has 0 aromatic heterocycles. The van der Waals surface area contributed by atoms with Crippen LogP contribution in [0.1, 0.15) is 69.8 Å². The molecule has 4 fully saturated rings. The highest BCUT2D eigenvalue weighted by molar-refractivity contribution is 7.92. The molecule has 234 valence electrons. The maximum Gasteiger partial charge on any atom is 0.307 e. The molecule has 44 heavy (non-hydrogen) atoms. The fourth-order valence-electron chi connectivity index (χ4n) is 8.96. The van der Waals surface area contributed by atoms with E-state index in [0.29, 0.717) is 29.9 Å². The topological polar surface area (TPSA) is 119 Å². The highest BCUT2D eigenvalue weighted by atomic mass is 32.2. The van der Waals surface area contributed by atoms with Crippen molar-refractivity contribution in [1.82, 2.24) is 5.32 Å². The molecule has 6 aliphatic rings. The first-order valence-corrected chi connectivity index (χ1v) is 17.3. The number of fused-ring (bicyclic) bond motifs is 1. The van der Waals surface area contributed by atoms with Crippen molar-refractivity contribution in [3.05, 3.63) is 60.2 Å². The van der Waals surface area contributed by atoms with Gasteiger partial charge >= 0.3 is 5.97 Å². The number of aliphatic carboxylic acids is 1. The van der Waals surface area contributed by atoms with E-state index in [1.165, 1.54) is 17.8 Å². The van der Waals surface area contributed by atoms with Gasteiger partial charge in [-0.2, -0.15) is 0 Å². The molecule has 8 rings (SSSR count). The van der Waals surface area contributed by atoms with Crippen LogP contribution in [0.15, 0.2) is 59.5 Å². The van der Waals surface area contributed by atoms with Crippen LogP contribution in [0, 0.1) is 23.2 Å². The molecule has 2 aromatic carbocycles. The molecule has 0 saturated heterocycles. The number of hydrogen-bond acceptors (Lipinski definition) is 6. The van der Waals surface area contributed by atoms with Crippen molar-refractivity contribution in [2.24, 2.45) is 23.2 Å². The summed E-state index contributed by atoms with van der Waals surface area (Å²) in [5, 5.41) is 17.0. The Morgan fingerprint density at radius 2 is 1.80 bits per heavy atom. The van der Waals surface area contributed by atoms with Gasteiger partial charge in [0.15, 0.2) is 0 Å². The fourth-order valence-corrected chi connectivity index (χ4v) is 10.2. The molecule has 1 amide bonds. The molecule has 10 heteroatoms. The number of nitrogens with zero attached hydrogens (tertiary/aromatic N) is 2. The van der Waals surface area contributed by atoms with Crippen LogP contribution in [0.5, 0.6) is 0 Å². The number of carboxylic acid groups (broad SMARTS) is 1. The average molecular weight is 619 g/mol. The normalized spacial score (nSPS) is 33.5. The van der Waals surface area contributed by atoms with Crippen LogP contribution in [0.25, 0.3) is 0 Å². The SMILES string of the molecule is CC1Nc2cc(S(=O)(=O)N(C)c3ccc([C@H]4CCC[C@@H](C(=O)NC56CC(C7C=CCC7)(C5)C6)[C@@H]4C(=O)O)cc3)ccc2N1C. The largest absolute Gasteiger partial charge is 0.481 e. The zero-order valence-electron chi connectivity index (χ0n) is 25.6. The van der Waals surface area contributed by atoms with E-state index in [1.807, 2.05) is 32.2 Å². The molecule has 0 spiro atoms. The molecule has 5 aliphatic carbocycles.